The number of hydrogen-bond donors (Lipinski definition) is 0. The Morgan fingerprint density at radius 2 is 2.00 bits per heavy atom. The van der Waals surface area contributed by atoms with E-state index < -0.39 is 0 Å². The van der Waals surface area contributed by atoms with Crippen molar-refractivity contribution in [3.05, 3.63) is 23.3 Å². The molecule has 19 heavy (non-hydrogen) atoms. The lowest BCUT2D eigenvalue weighted by molar-refractivity contribution is -0.118. The van der Waals surface area contributed by atoms with Crippen molar-refractivity contribution in [2.45, 2.75) is 18.7 Å². The number of rotatable bonds is 2. The standard InChI is InChI=1S/C14H13ClO3S/c1-7(2)14(16)9-5-19-12-4-11-10(17-6-18-11)3-8(12)13(9)15/h3-4,7H,5-6H2,1-2H3. The maximum Gasteiger partial charge on any atom is 0.231 e. The lowest BCUT2D eigenvalue weighted by Gasteiger charge is -2.20. The highest BCUT2D eigenvalue weighted by molar-refractivity contribution is 7.99. The number of thioether (sulfide) groups is 1. The first-order chi connectivity index (χ1) is 9.08. The minimum Gasteiger partial charge on any atom is -0.454 e. The van der Waals surface area contributed by atoms with Gasteiger partial charge in [0.05, 0.1) is 5.03 Å². The third-order valence-corrected chi connectivity index (χ3v) is 4.68. The summed E-state index contributed by atoms with van der Waals surface area (Å²) in [7, 11) is 0. The molecular formula is C14H13ClO3S. The van der Waals surface area contributed by atoms with Crippen LogP contribution in [-0.2, 0) is 4.79 Å². The van der Waals surface area contributed by atoms with Crippen molar-refractivity contribution in [1.29, 1.82) is 0 Å². The van der Waals surface area contributed by atoms with Crippen LogP contribution in [0.4, 0.5) is 0 Å². The van der Waals surface area contributed by atoms with Crippen LogP contribution in [0.15, 0.2) is 22.6 Å². The maximum atomic E-state index is 12.1. The molecule has 5 heteroatoms. The van der Waals surface area contributed by atoms with Crippen LogP contribution in [0.3, 0.4) is 0 Å². The third-order valence-electron chi connectivity index (χ3n) is 3.17. The van der Waals surface area contributed by atoms with E-state index in [1.165, 1.54) is 0 Å². The first kappa shape index (κ1) is 12.9. The number of ether oxygens (including phenoxy) is 2. The lowest BCUT2D eigenvalue weighted by atomic mass is 9.99. The van der Waals surface area contributed by atoms with Crippen LogP contribution in [0.25, 0.3) is 5.03 Å². The second kappa shape index (κ2) is 4.76. The number of halogens is 1. The van der Waals surface area contributed by atoms with Crippen LogP contribution in [0.5, 0.6) is 11.5 Å². The van der Waals surface area contributed by atoms with E-state index in [1.807, 2.05) is 26.0 Å². The molecule has 0 aromatic heterocycles. The molecule has 0 aliphatic carbocycles. The van der Waals surface area contributed by atoms with Gasteiger partial charge >= 0.3 is 0 Å². The van der Waals surface area contributed by atoms with Gasteiger partial charge in [0.2, 0.25) is 6.79 Å². The monoisotopic (exact) mass is 296 g/mol. The predicted octanol–water partition coefficient (Wildman–Crippen LogP) is 3.70. The molecule has 0 N–H and O–H groups in total. The molecule has 2 aliphatic rings. The van der Waals surface area contributed by atoms with E-state index in [-0.39, 0.29) is 18.5 Å². The summed E-state index contributed by atoms with van der Waals surface area (Å²) in [5.74, 6) is 2.12. The summed E-state index contributed by atoms with van der Waals surface area (Å²) in [6.07, 6.45) is 0. The molecule has 1 aromatic carbocycles. The Morgan fingerprint density at radius 1 is 1.32 bits per heavy atom. The van der Waals surface area contributed by atoms with Gasteiger partial charge in [-0.25, -0.2) is 0 Å². The molecule has 0 bridgehead atoms. The van der Waals surface area contributed by atoms with E-state index in [9.17, 15) is 4.79 Å². The fourth-order valence-corrected chi connectivity index (χ4v) is 3.66. The normalized spacial score (nSPS) is 16.8. The predicted molar refractivity (Wildman–Crippen MR) is 75.9 cm³/mol. The highest BCUT2D eigenvalue weighted by atomic mass is 35.5. The molecule has 0 fully saturated rings. The van der Waals surface area contributed by atoms with Crippen molar-refractivity contribution in [3.8, 4) is 11.5 Å². The average Bonchev–Trinajstić information content (AvgIpc) is 2.83. The highest BCUT2D eigenvalue weighted by Crippen LogP contribution is 2.46. The van der Waals surface area contributed by atoms with Gasteiger partial charge in [0.15, 0.2) is 17.3 Å². The zero-order chi connectivity index (χ0) is 13.6. The van der Waals surface area contributed by atoms with Gasteiger partial charge in [0.25, 0.3) is 0 Å². The molecule has 0 saturated heterocycles. The number of ketones is 1. The van der Waals surface area contributed by atoms with Gasteiger partial charge in [0, 0.05) is 27.7 Å². The SMILES string of the molecule is CC(C)C(=O)C1=C(Cl)c2cc3c(cc2SC1)OCO3. The molecule has 0 saturated carbocycles. The molecule has 2 heterocycles. The smallest absolute Gasteiger partial charge is 0.231 e. The average molecular weight is 297 g/mol. The molecule has 0 amide bonds. The first-order valence-electron chi connectivity index (χ1n) is 6.07. The van der Waals surface area contributed by atoms with E-state index in [0.29, 0.717) is 22.1 Å². The Hall–Kier alpha value is -1.13. The Balaban J connectivity index is 2.08. The fourth-order valence-electron chi connectivity index (χ4n) is 2.12. The van der Waals surface area contributed by atoms with E-state index in [2.05, 4.69) is 0 Å². The molecule has 100 valence electrons. The minimum atomic E-state index is -0.0417. The molecule has 3 nitrogen and oxygen atoms in total. The first-order valence-corrected chi connectivity index (χ1v) is 7.44. The Kier molecular flexibility index (Phi) is 3.23. The number of benzene rings is 1. The largest absolute Gasteiger partial charge is 0.454 e. The zero-order valence-corrected chi connectivity index (χ0v) is 12.2. The molecule has 3 rings (SSSR count). The molecule has 1 aromatic rings. The van der Waals surface area contributed by atoms with Crippen molar-refractivity contribution < 1.29 is 14.3 Å². The van der Waals surface area contributed by atoms with Gasteiger partial charge in [-0.05, 0) is 12.1 Å². The van der Waals surface area contributed by atoms with Crippen LogP contribution >= 0.6 is 23.4 Å². The van der Waals surface area contributed by atoms with Gasteiger partial charge < -0.3 is 9.47 Å². The zero-order valence-electron chi connectivity index (χ0n) is 10.7. The van der Waals surface area contributed by atoms with E-state index >= 15 is 0 Å². The number of fused-ring (bicyclic) bond motifs is 2. The van der Waals surface area contributed by atoms with Crippen molar-refractivity contribution in [3.63, 3.8) is 0 Å². The quantitative estimate of drug-likeness (QED) is 0.834. The van der Waals surface area contributed by atoms with Gasteiger partial charge in [-0.3, -0.25) is 4.79 Å². The fraction of sp³-hybridized carbons (Fsp3) is 0.357. The molecule has 0 spiro atoms. The summed E-state index contributed by atoms with van der Waals surface area (Å²) in [5, 5.41) is 0.547. The third kappa shape index (κ3) is 2.13. The topological polar surface area (TPSA) is 35.5 Å². The maximum absolute atomic E-state index is 12.1. The van der Waals surface area contributed by atoms with Crippen LogP contribution in [0.1, 0.15) is 19.4 Å². The number of hydrogen-bond acceptors (Lipinski definition) is 4. The van der Waals surface area contributed by atoms with Crippen LogP contribution in [0.2, 0.25) is 0 Å². The van der Waals surface area contributed by atoms with Gasteiger partial charge in [-0.15, -0.1) is 11.8 Å². The van der Waals surface area contributed by atoms with Gasteiger partial charge in [-0.2, -0.15) is 0 Å². The van der Waals surface area contributed by atoms with Crippen molar-refractivity contribution in [2.24, 2.45) is 5.92 Å². The summed E-state index contributed by atoms with van der Waals surface area (Å²) >= 11 is 8.02. The van der Waals surface area contributed by atoms with Crippen LogP contribution < -0.4 is 9.47 Å². The molecule has 0 atom stereocenters. The Bertz CT molecular complexity index is 593. The Morgan fingerprint density at radius 3 is 2.68 bits per heavy atom. The van der Waals surface area contributed by atoms with Crippen molar-refractivity contribution in [2.75, 3.05) is 12.5 Å². The number of carbonyl (C=O) groups is 1. The molecular weight excluding hydrogens is 284 g/mol. The molecule has 2 aliphatic heterocycles. The number of Topliss-reactive ketones (excluding diaryl/α,β-unsaturated/α-hetero) is 1. The summed E-state index contributed by atoms with van der Waals surface area (Å²) in [6.45, 7) is 4.01. The summed E-state index contributed by atoms with van der Waals surface area (Å²) in [5.41, 5.74) is 1.57. The van der Waals surface area contributed by atoms with E-state index in [1.54, 1.807) is 11.8 Å². The van der Waals surface area contributed by atoms with Crippen LogP contribution in [-0.4, -0.2) is 18.3 Å². The second-order valence-corrected chi connectivity index (χ2v) is 6.20. The summed E-state index contributed by atoms with van der Waals surface area (Å²) in [4.78, 5) is 13.2. The van der Waals surface area contributed by atoms with Crippen molar-refractivity contribution in [1.82, 2.24) is 0 Å². The molecule has 0 unspecified atom stereocenters. The van der Waals surface area contributed by atoms with Gasteiger partial charge in [-0.1, -0.05) is 25.4 Å². The van der Waals surface area contributed by atoms with E-state index in [4.69, 9.17) is 21.1 Å². The summed E-state index contributed by atoms with van der Waals surface area (Å²) in [6, 6.07) is 3.79. The number of carbonyl (C=O) groups excluding carboxylic acids is 1. The minimum absolute atomic E-state index is 0.0417. The lowest BCUT2D eigenvalue weighted by Crippen LogP contribution is -2.15. The highest BCUT2D eigenvalue weighted by Gasteiger charge is 2.27. The van der Waals surface area contributed by atoms with Crippen LogP contribution in [0, 0.1) is 5.92 Å². The second-order valence-electron chi connectivity index (χ2n) is 4.80. The van der Waals surface area contributed by atoms with Crippen molar-refractivity contribution >= 4 is 34.2 Å². The summed E-state index contributed by atoms with van der Waals surface area (Å²) < 4.78 is 10.7. The Labute approximate surface area is 120 Å². The van der Waals surface area contributed by atoms with Gasteiger partial charge in [0.1, 0.15) is 0 Å². The molecule has 0 radical (unpaired) electrons. The van der Waals surface area contributed by atoms with E-state index in [0.717, 1.165) is 16.2 Å².